The van der Waals surface area contributed by atoms with E-state index in [4.69, 9.17) is 10.8 Å². The Morgan fingerprint density at radius 3 is 1.67 bits per heavy atom. The molecule has 0 radical (unpaired) electrons. The summed E-state index contributed by atoms with van der Waals surface area (Å²) in [6.45, 7) is -1.21. The van der Waals surface area contributed by atoms with Crippen LogP contribution in [0.4, 0.5) is 0 Å². The second-order valence-electron chi connectivity index (χ2n) is 5.38. The number of amides is 2. The summed E-state index contributed by atoms with van der Waals surface area (Å²) in [4.78, 5) is 24.2. The van der Waals surface area contributed by atoms with Gasteiger partial charge in [0.05, 0.1) is 23.8 Å². The van der Waals surface area contributed by atoms with Crippen molar-refractivity contribution in [1.29, 1.82) is 0 Å². The summed E-state index contributed by atoms with van der Waals surface area (Å²) in [6.07, 6.45) is -6.76. The molecule has 13 heteroatoms. The van der Waals surface area contributed by atoms with Gasteiger partial charge in [-0.2, -0.15) is 0 Å². The van der Waals surface area contributed by atoms with Gasteiger partial charge in [-0.05, 0) is 90.4 Å². The Balaban J connectivity index is 3.00. The predicted molar refractivity (Wildman–Crippen MR) is 129 cm³/mol. The van der Waals surface area contributed by atoms with E-state index >= 15 is 0 Å². The van der Waals surface area contributed by atoms with E-state index in [9.17, 15) is 30.0 Å². The zero-order chi connectivity index (χ0) is 21.0. The maximum atomic E-state index is 12.6. The third-order valence-electron chi connectivity index (χ3n) is 3.53. The van der Waals surface area contributed by atoms with E-state index in [0.717, 1.165) is 0 Å². The minimum Gasteiger partial charge on any atom is -0.394 e. The first-order chi connectivity index (χ1) is 12.4. The van der Waals surface area contributed by atoms with Gasteiger partial charge >= 0.3 is 0 Å². The van der Waals surface area contributed by atoms with Crippen molar-refractivity contribution < 1.29 is 35.1 Å². The number of aliphatic hydroxyl groups is 5. The number of benzene rings is 1. The molecule has 4 atom stereocenters. The van der Waals surface area contributed by atoms with Crippen LogP contribution in [0.5, 0.6) is 0 Å². The van der Waals surface area contributed by atoms with Crippen LogP contribution < -0.4 is 11.1 Å². The molecule has 0 aromatic heterocycles. The van der Waals surface area contributed by atoms with Crippen molar-refractivity contribution in [2.24, 2.45) is 5.73 Å². The highest BCUT2D eigenvalue weighted by Gasteiger charge is 2.31. The Kier molecular flexibility index (Phi) is 10.9. The van der Waals surface area contributed by atoms with Gasteiger partial charge in [0.2, 0.25) is 0 Å². The second-order valence-corrected chi connectivity index (χ2v) is 9.69. The zero-order valence-corrected chi connectivity index (χ0v) is 22.0. The van der Waals surface area contributed by atoms with Crippen LogP contribution in [0.2, 0.25) is 0 Å². The van der Waals surface area contributed by atoms with Crippen molar-refractivity contribution in [1.82, 2.24) is 5.32 Å². The molecule has 0 spiro atoms. The van der Waals surface area contributed by atoms with Crippen molar-refractivity contribution in [3.8, 4) is 0 Å². The van der Waals surface area contributed by atoms with Gasteiger partial charge in [-0.15, -0.1) is 0 Å². The van der Waals surface area contributed by atoms with Gasteiger partial charge in [-0.3, -0.25) is 9.59 Å². The van der Waals surface area contributed by atoms with E-state index in [1.54, 1.807) is 0 Å². The molecule has 0 heterocycles. The highest BCUT2D eigenvalue weighted by Crippen LogP contribution is 2.32. The molecule has 0 fully saturated rings. The Morgan fingerprint density at radius 2 is 1.26 bits per heavy atom. The SMILES string of the molecule is NC(=O)c1c(I)c(I)c(C(=O)NCC(O)C(O)C(O)C(O)CO)c(I)c1I. The topological polar surface area (TPSA) is 173 Å². The molecule has 0 saturated carbocycles. The second kappa shape index (κ2) is 11.3. The van der Waals surface area contributed by atoms with Crippen LogP contribution in [-0.2, 0) is 0 Å². The molecule has 0 aliphatic carbocycles. The van der Waals surface area contributed by atoms with E-state index in [1.165, 1.54) is 0 Å². The lowest BCUT2D eigenvalue weighted by atomic mass is 10.0. The third kappa shape index (κ3) is 6.18. The molecule has 152 valence electrons. The van der Waals surface area contributed by atoms with Crippen molar-refractivity contribution in [3.05, 3.63) is 25.4 Å². The number of aliphatic hydroxyl groups excluding tert-OH is 5. The van der Waals surface area contributed by atoms with Crippen molar-refractivity contribution >= 4 is 102 Å². The lowest BCUT2D eigenvalue weighted by Gasteiger charge is -2.26. The highest BCUT2D eigenvalue weighted by molar-refractivity contribution is 14.1. The largest absolute Gasteiger partial charge is 0.394 e. The number of nitrogens with one attached hydrogen (secondary N) is 1. The van der Waals surface area contributed by atoms with Gasteiger partial charge in [0.15, 0.2) is 0 Å². The summed E-state index contributed by atoms with van der Waals surface area (Å²) in [6, 6.07) is 0. The smallest absolute Gasteiger partial charge is 0.253 e. The van der Waals surface area contributed by atoms with Gasteiger partial charge < -0.3 is 36.6 Å². The first-order valence-electron chi connectivity index (χ1n) is 7.22. The fourth-order valence-corrected chi connectivity index (χ4v) is 6.23. The minimum absolute atomic E-state index is 0.285. The lowest BCUT2D eigenvalue weighted by molar-refractivity contribution is -0.113. The Bertz CT molecular complexity index is 705. The maximum absolute atomic E-state index is 12.6. The van der Waals surface area contributed by atoms with Gasteiger partial charge in [-0.1, -0.05) is 0 Å². The van der Waals surface area contributed by atoms with Gasteiger partial charge in [0, 0.05) is 20.8 Å². The van der Waals surface area contributed by atoms with Crippen molar-refractivity contribution in [2.75, 3.05) is 13.2 Å². The normalized spacial score (nSPS) is 15.7. The van der Waals surface area contributed by atoms with E-state index in [2.05, 4.69) is 5.32 Å². The molecule has 27 heavy (non-hydrogen) atoms. The summed E-state index contributed by atoms with van der Waals surface area (Å²) in [5, 5.41) is 49.8. The van der Waals surface area contributed by atoms with E-state index in [-0.39, 0.29) is 5.56 Å². The number of halogens is 4. The molecule has 1 aromatic carbocycles. The van der Waals surface area contributed by atoms with Gasteiger partial charge in [0.1, 0.15) is 18.3 Å². The standard InChI is InChI=1S/C14H16I4N2O7/c15-7-5(13(19)26)8(16)10(18)6(9(7)17)14(27)20-1-3(22)11(24)12(25)4(23)2-21/h3-4,11-12,21-25H,1-2H2,(H2,19,26)(H,20,27). The quantitative estimate of drug-likeness (QED) is 0.135. The van der Waals surface area contributed by atoms with Gasteiger partial charge in [0.25, 0.3) is 11.8 Å². The maximum Gasteiger partial charge on any atom is 0.253 e. The first kappa shape index (κ1) is 25.9. The fraction of sp³-hybridized carbons (Fsp3) is 0.429. The van der Waals surface area contributed by atoms with Crippen LogP contribution in [0.1, 0.15) is 20.7 Å². The summed E-state index contributed by atoms with van der Waals surface area (Å²) in [5.41, 5.74) is 6.00. The molecule has 1 rings (SSSR count). The average Bonchev–Trinajstić information content (AvgIpc) is 2.62. The summed E-state index contributed by atoms with van der Waals surface area (Å²) in [7, 11) is 0. The van der Waals surface area contributed by atoms with Crippen LogP contribution in [0.15, 0.2) is 0 Å². The van der Waals surface area contributed by atoms with Crippen LogP contribution in [-0.4, -0.2) is 74.9 Å². The molecule has 8 N–H and O–H groups in total. The van der Waals surface area contributed by atoms with E-state index in [0.29, 0.717) is 19.8 Å². The first-order valence-corrected chi connectivity index (χ1v) is 11.5. The Hall–Kier alpha value is 0.880. The molecule has 9 nitrogen and oxygen atoms in total. The highest BCUT2D eigenvalue weighted by atomic mass is 127. The molecular weight excluding hydrogens is 816 g/mol. The molecule has 0 saturated heterocycles. The molecule has 2 amide bonds. The van der Waals surface area contributed by atoms with E-state index < -0.39 is 49.4 Å². The van der Waals surface area contributed by atoms with Crippen molar-refractivity contribution in [2.45, 2.75) is 24.4 Å². The number of hydrogen-bond acceptors (Lipinski definition) is 7. The average molecular weight is 832 g/mol. The molecule has 4 unspecified atom stereocenters. The van der Waals surface area contributed by atoms with Crippen LogP contribution in [0.3, 0.4) is 0 Å². The third-order valence-corrected chi connectivity index (χ3v) is 9.91. The Morgan fingerprint density at radius 1 is 0.852 bits per heavy atom. The number of carbonyl (C=O) groups is 2. The summed E-state index contributed by atoms with van der Waals surface area (Å²) < 4.78 is 2.07. The van der Waals surface area contributed by atoms with Crippen LogP contribution in [0.25, 0.3) is 0 Å². The number of nitrogens with two attached hydrogens (primary N) is 1. The van der Waals surface area contributed by atoms with Crippen LogP contribution >= 0.6 is 90.4 Å². The zero-order valence-electron chi connectivity index (χ0n) is 13.4. The monoisotopic (exact) mass is 832 g/mol. The van der Waals surface area contributed by atoms with Crippen LogP contribution in [0, 0.1) is 14.3 Å². The molecule has 0 aliphatic rings. The fourth-order valence-electron chi connectivity index (χ4n) is 2.02. The summed E-state index contributed by atoms with van der Waals surface area (Å²) in [5.74, 6) is -1.17. The molecule has 1 aromatic rings. The minimum atomic E-state index is -1.78. The number of hydrogen-bond donors (Lipinski definition) is 7. The number of rotatable bonds is 8. The lowest BCUT2D eigenvalue weighted by Crippen LogP contribution is -2.49. The van der Waals surface area contributed by atoms with Gasteiger partial charge in [-0.25, -0.2) is 0 Å². The van der Waals surface area contributed by atoms with Crippen molar-refractivity contribution in [3.63, 3.8) is 0 Å². The van der Waals surface area contributed by atoms with E-state index in [1.807, 2.05) is 90.4 Å². The summed E-state index contributed by atoms with van der Waals surface area (Å²) >= 11 is 7.69. The Labute approximate surface area is 209 Å². The molecular formula is C14H16I4N2O7. The predicted octanol–water partition coefficient (Wildman–Crippen LogP) is -0.630. The number of carbonyl (C=O) groups excluding carboxylic acids is 2. The number of primary amides is 1. The molecule has 0 aliphatic heterocycles. The molecule has 0 bridgehead atoms.